The third-order valence-electron chi connectivity index (χ3n) is 2.64. The predicted molar refractivity (Wildman–Crippen MR) is 66.8 cm³/mol. The van der Waals surface area contributed by atoms with E-state index in [1.165, 1.54) is 16.8 Å². The van der Waals surface area contributed by atoms with Crippen LogP contribution in [0.1, 0.15) is 31.2 Å². The van der Waals surface area contributed by atoms with E-state index < -0.39 is 4.92 Å². The molecule has 7 heteroatoms. The Kier molecular flexibility index (Phi) is 3.25. The topological polar surface area (TPSA) is 97.6 Å². The number of hydrogen-bond acceptors (Lipinski definition) is 5. The Morgan fingerprint density at radius 3 is 2.79 bits per heavy atom. The Morgan fingerprint density at radius 2 is 2.21 bits per heavy atom. The van der Waals surface area contributed by atoms with Gasteiger partial charge in [-0.15, -0.1) is 5.10 Å². The Morgan fingerprint density at radius 1 is 1.47 bits per heavy atom. The van der Waals surface area contributed by atoms with E-state index in [0.717, 1.165) is 0 Å². The summed E-state index contributed by atoms with van der Waals surface area (Å²) in [5.74, 6) is 0.0314. The first kappa shape index (κ1) is 12.7. The maximum absolute atomic E-state index is 10.8. The van der Waals surface area contributed by atoms with E-state index >= 15 is 0 Å². The quantitative estimate of drug-likeness (QED) is 0.619. The average Bonchev–Trinajstić information content (AvgIpc) is 2.82. The molecule has 0 aliphatic carbocycles. The largest absolute Gasteiger partial charge is 0.271 e. The number of benzene rings is 1. The molecule has 0 atom stereocenters. The fourth-order valence-corrected chi connectivity index (χ4v) is 1.82. The van der Waals surface area contributed by atoms with Crippen LogP contribution in [-0.4, -0.2) is 19.9 Å². The van der Waals surface area contributed by atoms with Gasteiger partial charge in [-0.05, 0) is 12.0 Å². The molecule has 2 rings (SSSR count). The molecule has 0 fully saturated rings. The minimum absolute atomic E-state index is 0.0267. The van der Waals surface area contributed by atoms with Gasteiger partial charge in [0.25, 0.3) is 5.69 Å². The van der Waals surface area contributed by atoms with E-state index in [1.54, 1.807) is 12.1 Å². The maximum Gasteiger partial charge on any atom is 0.271 e. The molecule has 0 aliphatic rings. The van der Waals surface area contributed by atoms with E-state index in [1.807, 2.05) is 19.9 Å². The fraction of sp³-hybridized carbons (Fsp3) is 0.250. The molecule has 0 amide bonds. The molecular weight excluding hydrogens is 246 g/mol. The first-order valence-electron chi connectivity index (χ1n) is 5.65. The number of hydrogen-bond donors (Lipinski definition) is 0. The summed E-state index contributed by atoms with van der Waals surface area (Å²) >= 11 is 0. The minimum atomic E-state index is -0.472. The Bertz CT molecular complexity index is 669. The van der Waals surface area contributed by atoms with Crippen LogP contribution in [0.3, 0.4) is 0 Å². The van der Waals surface area contributed by atoms with Crippen molar-refractivity contribution in [1.82, 2.24) is 15.0 Å². The molecule has 0 aliphatic heterocycles. The Hall–Kier alpha value is -2.75. The van der Waals surface area contributed by atoms with Crippen LogP contribution >= 0.6 is 0 Å². The number of nitro benzene ring substituents is 1. The Balaban J connectivity index is 2.60. The second kappa shape index (κ2) is 4.86. The summed E-state index contributed by atoms with van der Waals surface area (Å²) in [7, 11) is 0. The third kappa shape index (κ3) is 2.28. The highest BCUT2D eigenvalue weighted by Crippen LogP contribution is 2.23. The minimum Gasteiger partial charge on any atom is -0.258 e. The van der Waals surface area contributed by atoms with Crippen LogP contribution in [0.25, 0.3) is 5.69 Å². The molecule has 19 heavy (non-hydrogen) atoms. The van der Waals surface area contributed by atoms with Crippen molar-refractivity contribution in [2.24, 2.45) is 0 Å². The van der Waals surface area contributed by atoms with Crippen LogP contribution in [0.5, 0.6) is 0 Å². The highest BCUT2D eigenvalue weighted by atomic mass is 16.6. The standard InChI is InChI=1S/C12H11N5O2/c1-8(2)12-11(7-13)14-15-16(12)9-4-3-5-10(6-9)17(18)19/h3-6,8H,1-2H3. The van der Waals surface area contributed by atoms with Gasteiger partial charge < -0.3 is 0 Å². The van der Waals surface area contributed by atoms with Gasteiger partial charge in [-0.25, -0.2) is 4.68 Å². The molecule has 0 N–H and O–H groups in total. The van der Waals surface area contributed by atoms with Crippen molar-refractivity contribution in [3.63, 3.8) is 0 Å². The SMILES string of the molecule is CC(C)c1c(C#N)nnn1-c1cccc([N+](=O)[O-])c1. The van der Waals surface area contributed by atoms with E-state index in [2.05, 4.69) is 10.3 Å². The summed E-state index contributed by atoms with van der Waals surface area (Å²) in [5.41, 5.74) is 1.37. The maximum atomic E-state index is 10.8. The number of nitrogens with zero attached hydrogens (tertiary/aromatic N) is 5. The number of aromatic nitrogens is 3. The van der Waals surface area contributed by atoms with Gasteiger partial charge in [0.15, 0.2) is 5.69 Å². The average molecular weight is 257 g/mol. The zero-order valence-electron chi connectivity index (χ0n) is 10.4. The van der Waals surface area contributed by atoms with Gasteiger partial charge in [-0.3, -0.25) is 10.1 Å². The lowest BCUT2D eigenvalue weighted by Crippen LogP contribution is -2.05. The molecule has 1 aromatic heterocycles. The molecule has 2 aromatic rings. The Labute approximate surface area is 109 Å². The van der Waals surface area contributed by atoms with Gasteiger partial charge in [0.05, 0.1) is 16.3 Å². The van der Waals surface area contributed by atoms with Gasteiger partial charge in [0, 0.05) is 12.1 Å². The molecule has 0 saturated heterocycles. The lowest BCUT2D eigenvalue weighted by atomic mass is 10.1. The number of nitro groups is 1. The lowest BCUT2D eigenvalue weighted by Gasteiger charge is -2.08. The third-order valence-corrected chi connectivity index (χ3v) is 2.64. The van der Waals surface area contributed by atoms with Crippen molar-refractivity contribution in [3.8, 4) is 11.8 Å². The molecule has 0 unspecified atom stereocenters. The van der Waals surface area contributed by atoms with E-state index in [4.69, 9.17) is 5.26 Å². The molecule has 0 bridgehead atoms. The van der Waals surface area contributed by atoms with Crippen molar-refractivity contribution in [2.75, 3.05) is 0 Å². The van der Waals surface area contributed by atoms with Gasteiger partial charge in [0.1, 0.15) is 6.07 Å². The van der Waals surface area contributed by atoms with Gasteiger partial charge in [-0.2, -0.15) is 5.26 Å². The van der Waals surface area contributed by atoms with E-state index in [-0.39, 0.29) is 17.3 Å². The molecule has 0 spiro atoms. The highest BCUT2D eigenvalue weighted by Gasteiger charge is 2.18. The van der Waals surface area contributed by atoms with Crippen molar-refractivity contribution in [1.29, 1.82) is 5.26 Å². The van der Waals surface area contributed by atoms with Gasteiger partial charge >= 0.3 is 0 Å². The van der Waals surface area contributed by atoms with Crippen molar-refractivity contribution in [2.45, 2.75) is 19.8 Å². The fourth-order valence-electron chi connectivity index (χ4n) is 1.82. The summed E-state index contributed by atoms with van der Waals surface area (Å²) in [6.07, 6.45) is 0. The lowest BCUT2D eigenvalue weighted by molar-refractivity contribution is -0.384. The molecule has 7 nitrogen and oxygen atoms in total. The normalized spacial score (nSPS) is 10.4. The monoisotopic (exact) mass is 257 g/mol. The van der Waals surface area contributed by atoms with Crippen molar-refractivity contribution >= 4 is 5.69 Å². The molecule has 0 saturated carbocycles. The first-order valence-corrected chi connectivity index (χ1v) is 5.65. The van der Waals surface area contributed by atoms with Crippen molar-refractivity contribution < 1.29 is 4.92 Å². The summed E-state index contributed by atoms with van der Waals surface area (Å²) < 4.78 is 1.47. The molecular formula is C12H11N5O2. The van der Waals surface area contributed by atoms with Crippen LogP contribution in [0, 0.1) is 21.4 Å². The van der Waals surface area contributed by atoms with Crippen molar-refractivity contribution in [3.05, 3.63) is 45.8 Å². The molecule has 1 aromatic carbocycles. The number of nitriles is 1. The second-order valence-corrected chi connectivity index (χ2v) is 4.28. The van der Waals surface area contributed by atoms with Gasteiger partial charge in [0.2, 0.25) is 0 Å². The number of non-ortho nitro benzene ring substituents is 1. The van der Waals surface area contributed by atoms with Crippen LogP contribution in [0.15, 0.2) is 24.3 Å². The van der Waals surface area contributed by atoms with Crippen LogP contribution in [-0.2, 0) is 0 Å². The highest BCUT2D eigenvalue weighted by molar-refractivity contribution is 5.45. The zero-order valence-corrected chi connectivity index (χ0v) is 10.4. The summed E-state index contributed by atoms with van der Waals surface area (Å²) in [6, 6.07) is 8.05. The zero-order chi connectivity index (χ0) is 14.0. The number of rotatable bonds is 3. The molecule has 96 valence electrons. The van der Waals surface area contributed by atoms with Crippen LogP contribution in [0.4, 0.5) is 5.69 Å². The second-order valence-electron chi connectivity index (χ2n) is 4.28. The first-order chi connectivity index (χ1) is 9.04. The predicted octanol–water partition coefficient (Wildman–Crippen LogP) is 2.17. The molecule has 0 radical (unpaired) electrons. The van der Waals surface area contributed by atoms with Crippen LogP contribution in [0.2, 0.25) is 0 Å². The summed E-state index contributed by atoms with van der Waals surface area (Å²) in [6.45, 7) is 3.82. The molecule has 1 heterocycles. The summed E-state index contributed by atoms with van der Waals surface area (Å²) in [5, 5.41) is 27.5. The summed E-state index contributed by atoms with van der Waals surface area (Å²) in [4.78, 5) is 10.3. The smallest absolute Gasteiger partial charge is 0.258 e. The van der Waals surface area contributed by atoms with E-state index in [9.17, 15) is 10.1 Å². The van der Waals surface area contributed by atoms with Crippen LogP contribution < -0.4 is 0 Å². The van der Waals surface area contributed by atoms with E-state index in [0.29, 0.717) is 11.4 Å². The van der Waals surface area contributed by atoms with Gasteiger partial charge in [-0.1, -0.05) is 25.1 Å².